The van der Waals surface area contributed by atoms with Gasteiger partial charge in [0.1, 0.15) is 0 Å². The van der Waals surface area contributed by atoms with Gasteiger partial charge >= 0.3 is 0 Å². The number of alkyl halides is 1. The van der Waals surface area contributed by atoms with E-state index in [2.05, 4.69) is 0 Å². The molecular formula is C14H12Cl2. The first-order valence-electron chi connectivity index (χ1n) is 5.12. The Bertz CT molecular complexity index is 475. The van der Waals surface area contributed by atoms with Crippen molar-refractivity contribution in [3.63, 3.8) is 0 Å². The lowest BCUT2D eigenvalue weighted by Gasteiger charge is -2.24. The Labute approximate surface area is 106 Å². The Hall–Kier alpha value is -0.980. The van der Waals surface area contributed by atoms with Gasteiger partial charge in [-0.1, -0.05) is 60.1 Å². The number of rotatable bonds is 2. The summed E-state index contributed by atoms with van der Waals surface area (Å²) in [5.41, 5.74) is 1.98. The van der Waals surface area contributed by atoms with Gasteiger partial charge < -0.3 is 0 Å². The number of halogens is 2. The van der Waals surface area contributed by atoms with E-state index in [1.165, 1.54) is 0 Å². The summed E-state index contributed by atoms with van der Waals surface area (Å²) < 4.78 is 0. The molecule has 0 aliphatic carbocycles. The van der Waals surface area contributed by atoms with E-state index in [0.29, 0.717) is 5.02 Å². The van der Waals surface area contributed by atoms with Crippen LogP contribution in [-0.4, -0.2) is 0 Å². The van der Waals surface area contributed by atoms with Gasteiger partial charge in [-0.05, 0) is 24.1 Å². The van der Waals surface area contributed by atoms with Crippen molar-refractivity contribution < 1.29 is 0 Å². The molecule has 0 aliphatic rings. The summed E-state index contributed by atoms with van der Waals surface area (Å²) in [6.45, 7) is 1.96. The zero-order valence-electron chi connectivity index (χ0n) is 8.95. The van der Waals surface area contributed by atoms with Crippen LogP contribution >= 0.6 is 23.2 Å². The van der Waals surface area contributed by atoms with Gasteiger partial charge in [0, 0.05) is 5.02 Å². The minimum Gasteiger partial charge on any atom is -0.109 e. The predicted octanol–water partition coefficient (Wildman–Crippen LogP) is 4.84. The van der Waals surface area contributed by atoms with Crippen LogP contribution in [0.3, 0.4) is 0 Å². The summed E-state index contributed by atoms with van der Waals surface area (Å²) in [6, 6.07) is 17.6. The lowest BCUT2D eigenvalue weighted by molar-refractivity contribution is 0.823. The van der Waals surface area contributed by atoms with Crippen LogP contribution in [0.15, 0.2) is 54.6 Å². The second-order valence-corrected chi connectivity index (χ2v) is 5.01. The van der Waals surface area contributed by atoms with Gasteiger partial charge in [-0.25, -0.2) is 0 Å². The Morgan fingerprint density at radius 3 is 2.06 bits per heavy atom. The summed E-state index contributed by atoms with van der Waals surface area (Å²) in [4.78, 5) is -0.584. The first kappa shape index (κ1) is 11.5. The van der Waals surface area contributed by atoms with E-state index in [1.807, 2.05) is 61.5 Å². The fraction of sp³-hybridized carbons (Fsp3) is 0.143. The molecule has 0 saturated carbocycles. The van der Waals surface area contributed by atoms with E-state index in [0.717, 1.165) is 11.1 Å². The highest BCUT2D eigenvalue weighted by molar-refractivity contribution is 6.34. The highest BCUT2D eigenvalue weighted by Gasteiger charge is 2.27. The van der Waals surface area contributed by atoms with Crippen molar-refractivity contribution in [2.45, 2.75) is 11.8 Å². The van der Waals surface area contributed by atoms with Crippen molar-refractivity contribution in [2.75, 3.05) is 0 Å². The molecule has 0 N–H and O–H groups in total. The minimum absolute atomic E-state index is 0.584. The Morgan fingerprint density at radius 1 is 0.875 bits per heavy atom. The molecule has 2 heteroatoms. The average Bonchev–Trinajstić information content (AvgIpc) is 2.30. The molecule has 2 rings (SSSR count). The third kappa shape index (κ3) is 2.09. The largest absolute Gasteiger partial charge is 0.109 e. The third-order valence-corrected chi connectivity index (χ3v) is 3.45. The van der Waals surface area contributed by atoms with E-state index in [4.69, 9.17) is 23.2 Å². The van der Waals surface area contributed by atoms with Crippen LogP contribution < -0.4 is 0 Å². The number of benzene rings is 2. The minimum atomic E-state index is -0.584. The number of hydrogen-bond donors (Lipinski definition) is 0. The fourth-order valence-electron chi connectivity index (χ4n) is 1.75. The molecule has 0 amide bonds. The molecule has 0 fully saturated rings. The predicted molar refractivity (Wildman–Crippen MR) is 70.2 cm³/mol. The molecule has 0 heterocycles. The van der Waals surface area contributed by atoms with Gasteiger partial charge in [-0.2, -0.15) is 0 Å². The summed E-state index contributed by atoms with van der Waals surface area (Å²) in [5.74, 6) is 0. The zero-order valence-corrected chi connectivity index (χ0v) is 10.5. The topological polar surface area (TPSA) is 0 Å². The first-order valence-corrected chi connectivity index (χ1v) is 5.87. The van der Waals surface area contributed by atoms with Crippen molar-refractivity contribution in [1.29, 1.82) is 0 Å². The molecular weight excluding hydrogens is 239 g/mol. The first-order chi connectivity index (χ1) is 7.62. The van der Waals surface area contributed by atoms with E-state index in [-0.39, 0.29) is 0 Å². The van der Waals surface area contributed by atoms with Crippen molar-refractivity contribution in [3.05, 3.63) is 70.7 Å². The molecule has 82 valence electrons. The van der Waals surface area contributed by atoms with Gasteiger partial charge in [0.2, 0.25) is 0 Å². The summed E-state index contributed by atoms with van der Waals surface area (Å²) in [7, 11) is 0. The van der Waals surface area contributed by atoms with E-state index < -0.39 is 4.87 Å². The maximum atomic E-state index is 6.61. The Kier molecular flexibility index (Phi) is 3.22. The van der Waals surface area contributed by atoms with Crippen LogP contribution in [-0.2, 0) is 4.87 Å². The quantitative estimate of drug-likeness (QED) is 0.670. The zero-order chi connectivity index (χ0) is 11.6. The molecule has 0 aliphatic heterocycles. The van der Waals surface area contributed by atoms with Crippen LogP contribution in [0.1, 0.15) is 18.1 Å². The van der Waals surface area contributed by atoms with Crippen LogP contribution in [0.4, 0.5) is 0 Å². The number of hydrogen-bond acceptors (Lipinski definition) is 0. The summed E-state index contributed by atoms with van der Waals surface area (Å²) >= 11 is 12.8. The normalized spacial score (nSPS) is 14.4. The second-order valence-electron chi connectivity index (χ2n) is 3.85. The van der Waals surface area contributed by atoms with Crippen molar-refractivity contribution in [1.82, 2.24) is 0 Å². The molecule has 1 unspecified atom stereocenters. The van der Waals surface area contributed by atoms with Crippen LogP contribution in [0, 0.1) is 0 Å². The van der Waals surface area contributed by atoms with Gasteiger partial charge in [0.25, 0.3) is 0 Å². The van der Waals surface area contributed by atoms with Crippen LogP contribution in [0.25, 0.3) is 0 Å². The average molecular weight is 251 g/mol. The summed E-state index contributed by atoms with van der Waals surface area (Å²) in [5, 5.41) is 0.698. The lowest BCUT2D eigenvalue weighted by atomic mass is 9.92. The molecule has 0 bridgehead atoms. The molecule has 0 saturated heterocycles. The van der Waals surface area contributed by atoms with Crippen LogP contribution in [0.2, 0.25) is 5.02 Å². The molecule has 1 atom stereocenters. The SMILES string of the molecule is CC(Cl)(c1ccccc1)c1ccccc1Cl. The monoisotopic (exact) mass is 250 g/mol. The van der Waals surface area contributed by atoms with E-state index in [1.54, 1.807) is 0 Å². The highest BCUT2D eigenvalue weighted by atomic mass is 35.5. The molecule has 0 spiro atoms. The standard InChI is InChI=1S/C14H12Cl2/c1-14(16,11-7-3-2-4-8-11)12-9-5-6-10-13(12)15/h2-10H,1H3. The molecule has 16 heavy (non-hydrogen) atoms. The second kappa shape index (κ2) is 4.48. The molecule has 0 aromatic heterocycles. The highest BCUT2D eigenvalue weighted by Crippen LogP contribution is 2.39. The van der Waals surface area contributed by atoms with E-state index >= 15 is 0 Å². The summed E-state index contributed by atoms with van der Waals surface area (Å²) in [6.07, 6.45) is 0. The Morgan fingerprint density at radius 2 is 1.44 bits per heavy atom. The molecule has 0 radical (unpaired) electrons. The van der Waals surface area contributed by atoms with Gasteiger partial charge in [0.15, 0.2) is 0 Å². The molecule has 0 nitrogen and oxygen atoms in total. The molecule has 2 aromatic carbocycles. The maximum Gasteiger partial charge on any atom is 0.0930 e. The smallest absolute Gasteiger partial charge is 0.0930 e. The van der Waals surface area contributed by atoms with Crippen LogP contribution in [0.5, 0.6) is 0 Å². The third-order valence-electron chi connectivity index (χ3n) is 2.70. The Balaban J connectivity index is 2.51. The fourth-order valence-corrected chi connectivity index (χ4v) is 2.41. The van der Waals surface area contributed by atoms with Crippen molar-refractivity contribution in [3.8, 4) is 0 Å². The van der Waals surface area contributed by atoms with Crippen molar-refractivity contribution >= 4 is 23.2 Å². The van der Waals surface area contributed by atoms with Gasteiger partial charge in [0.05, 0.1) is 4.87 Å². The van der Waals surface area contributed by atoms with E-state index in [9.17, 15) is 0 Å². The lowest BCUT2D eigenvalue weighted by Crippen LogP contribution is -2.15. The van der Waals surface area contributed by atoms with Gasteiger partial charge in [-0.3, -0.25) is 0 Å². The van der Waals surface area contributed by atoms with Gasteiger partial charge in [-0.15, -0.1) is 11.6 Å². The maximum absolute atomic E-state index is 6.61. The molecule has 2 aromatic rings. The van der Waals surface area contributed by atoms with Crippen molar-refractivity contribution in [2.24, 2.45) is 0 Å².